The van der Waals surface area contributed by atoms with Crippen LogP contribution in [-0.4, -0.2) is 45.4 Å². The van der Waals surface area contributed by atoms with E-state index < -0.39 is 0 Å². The molecule has 0 atom stereocenters. The summed E-state index contributed by atoms with van der Waals surface area (Å²) in [4.78, 5) is 18.7. The van der Waals surface area contributed by atoms with Gasteiger partial charge in [0.1, 0.15) is 0 Å². The fourth-order valence-corrected chi connectivity index (χ4v) is 4.61. The third-order valence-corrected chi connectivity index (χ3v) is 6.53. The van der Waals surface area contributed by atoms with E-state index in [0.29, 0.717) is 22.5 Å². The first kappa shape index (κ1) is 14.7. The topological polar surface area (TPSA) is 49.4 Å². The van der Waals surface area contributed by atoms with Gasteiger partial charge in [-0.2, -0.15) is 0 Å². The van der Waals surface area contributed by atoms with E-state index in [0.717, 1.165) is 45.6 Å². The van der Waals surface area contributed by atoms with E-state index in [1.165, 1.54) is 3.59 Å². The number of rotatable bonds is 0. The van der Waals surface area contributed by atoms with Gasteiger partial charge in [0, 0.05) is 0 Å². The Kier molecular flexibility index (Phi) is 3.38. The van der Waals surface area contributed by atoms with Crippen molar-refractivity contribution in [1.29, 1.82) is 0 Å². The molecule has 0 amide bonds. The summed E-state index contributed by atoms with van der Waals surface area (Å²) >= 11 is 0.370. The second-order valence-electron chi connectivity index (χ2n) is 6.21. The van der Waals surface area contributed by atoms with Crippen molar-refractivity contribution in [2.24, 2.45) is 20.0 Å². The number of allylic oxidation sites excluding steroid dienone is 12. The maximum absolute atomic E-state index is 4.75. The van der Waals surface area contributed by atoms with E-state index in [9.17, 15) is 0 Å². The first-order valence-corrected chi connectivity index (χ1v) is 11.0. The van der Waals surface area contributed by atoms with Gasteiger partial charge in [0.25, 0.3) is 0 Å². The van der Waals surface area contributed by atoms with Crippen molar-refractivity contribution in [3.8, 4) is 0 Å². The molecule has 118 valence electrons. The van der Waals surface area contributed by atoms with Crippen LogP contribution in [0.5, 0.6) is 0 Å². The molecule has 0 aromatic carbocycles. The van der Waals surface area contributed by atoms with E-state index in [2.05, 4.69) is 27.1 Å². The Morgan fingerprint density at radius 1 is 0.480 bits per heavy atom. The molecule has 0 aliphatic carbocycles. The van der Waals surface area contributed by atoms with Crippen molar-refractivity contribution in [3.05, 3.63) is 93.2 Å². The number of nitrogens with zero attached hydrogens (tertiary/aromatic N) is 4. The van der Waals surface area contributed by atoms with Gasteiger partial charge in [-0.25, -0.2) is 0 Å². The van der Waals surface area contributed by atoms with Crippen LogP contribution in [0.15, 0.2) is 113 Å². The molecular formula is C20H14N4Sn. The van der Waals surface area contributed by atoms with Crippen LogP contribution in [-0.2, 0) is 0 Å². The van der Waals surface area contributed by atoms with Crippen molar-refractivity contribution in [1.82, 2.24) is 0 Å². The van der Waals surface area contributed by atoms with Crippen LogP contribution in [0, 0.1) is 0 Å². The molecule has 0 aromatic rings. The minimum absolute atomic E-state index is 0.370. The Morgan fingerprint density at radius 3 is 1.52 bits per heavy atom. The zero-order valence-corrected chi connectivity index (χ0v) is 19.3. The molecule has 5 aliphatic rings. The van der Waals surface area contributed by atoms with Crippen molar-refractivity contribution in [2.75, 3.05) is 0 Å². The maximum atomic E-state index is 4.75. The van der Waals surface area contributed by atoms with Gasteiger partial charge in [-0.1, -0.05) is 0 Å². The predicted octanol–water partition coefficient (Wildman–Crippen LogP) is 2.27. The monoisotopic (exact) mass is 430 g/mol. The molecule has 0 saturated heterocycles. The van der Waals surface area contributed by atoms with E-state index >= 15 is 0 Å². The van der Waals surface area contributed by atoms with Crippen molar-refractivity contribution >= 4 is 45.4 Å². The van der Waals surface area contributed by atoms with Gasteiger partial charge >= 0.3 is 159 Å². The Balaban J connectivity index is 1.66. The average molecular weight is 429 g/mol. The molecule has 0 fully saturated rings. The van der Waals surface area contributed by atoms with Crippen LogP contribution in [0.25, 0.3) is 0 Å². The third-order valence-electron chi connectivity index (χ3n) is 4.24. The molecule has 5 aliphatic heterocycles. The second kappa shape index (κ2) is 5.74. The summed E-state index contributed by atoms with van der Waals surface area (Å²) in [6, 6.07) is 0. The molecule has 0 unspecified atom stereocenters. The molecule has 4 nitrogen and oxygen atoms in total. The molecule has 25 heavy (non-hydrogen) atoms. The van der Waals surface area contributed by atoms with Crippen molar-refractivity contribution < 1.29 is 0 Å². The molecular weight excluding hydrogens is 415 g/mol. The summed E-state index contributed by atoms with van der Waals surface area (Å²) in [6.45, 7) is 0. The van der Waals surface area contributed by atoms with E-state index in [4.69, 9.17) is 4.99 Å². The molecule has 5 heterocycles. The number of hydrogen-bond acceptors (Lipinski definition) is 4. The molecule has 5 heteroatoms. The molecule has 8 bridgehead atoms. The van der Waals surface area contributed by atoms with Gasteiger partial charge in [0.15, 0.2) is 0 Å². The SMILES string of the molecule is [SnH3][C]1=CC2=NC1=CC1=NC(=CC3=NC(=CC4=NC(=C2)C=C4)C=C3)C=C1. The molecule has 0 N–H and O–H groups in total. The minimum atomic E-state index is 0.370. The molecule has 0 saturated carbocycles. The summed E-state index contributed by atoms with van der Waals surface area (Å²) in [6.07, 6.45) is 22.3. The standard InChI is InChI=1S/C20H11N4.Sn.3H/c1-2-14-10-16-5-6-18(23-16)12-20-8-7-19(24-20)11-17-4-3-15(22-17)9-13(1)21-14;;;;/h1-7,9-12H;;;;. The Bertz CT molecular complexity index is 1080. The zero-order valence-electron chi connectivity index (χ0n) is 13.6. The summed E-state index contributed by atoms with van der Waals surface area (Å²) < 4.78 is 1.34. The third kappa shape index (κ3) is 2.93. The van der Waals surface area contributed by atoms with Gasteiger partial charge in [0.2, 0.25) is 0 Å². The molecule has 5 rings (SSSR count). The first-order chi connectivity index (χ1) is 12.2. The zero-order chi connectivity index (χ0) is 16.8. The van der Waals surface area contributed by atoms with Crippen LogP contribution < -0.4 is 0 Å². The predicted molar refractivity (Wildman–Crippen MR) is 108 cm³/mol. The van der Waals surface area contributed by atoms with Crippen molar-refractivity contribution in [2.45, 2.75) is 0 Å². The molecule has 0 spiro atoms. The van der Waals surface area contributed by atoms with Gasteiger partial charge in [-0.05, 0) is 0 Å². The summed E-state index contributed by atoms with van der Waals surface area (Å²) in [5.74, 6) is 0. The Morgan fingerprint density at radius 2 is 0.960 bits per heavy atom. The summed E-state index contributed by atoms with van der Waals surface area (Å²) in [7, 11) is 0. The molecule has 0 radical (unpaired) electrons. The van der Waals surface area contributed by atoms with Crippen LogP contribution in [0.1, 0.15) is 0 Å². The average Bonchev–Trinajstić information content (AvgIpc) is 3.33. The van der Waals surface area contributed by atoms with Gasteiger partial charge in [-0.15, -0.1) is 0 Å². The van der Waals surface area contributed by atoms with Crippen LogP contribution in [0.3, 0.4) is 0 Å². The molecule has 0 aromatic heterocycles. The second-order valence-corrected chi connectivity index (χ2v) is 9.29. The fraction of sp³-hybridized carbons (Fsp3) is 0. The summed E-state index contributed by atoms with van der Waals surface area (Å²) in [5.41, 5.74) is 7.48. The number of aliphatic imine (C=N–C) groups is 4. The Hall–Kier alpha value is -2.60. The van der Waals surface area contributed by atoms with Gasteiger partial charge < -0.3 is 0 Å². The van der Waals surface area contributed by atoms with Crippen LogP contribution in [0.2, 0.25) is 0 Å². The van der Waals surface area contributed by atoms with Crippen LogP contribution in [0.4, 0.5) is 0 Å². The van der Waals surface area contributed by atoms with E-state index in [1.807, 2.05) is 54.7 Å². The van der Waals surface area contributed by atoms with Crippen molar-refractivity contribution in [3.63, 3.8) is 0 Å². The van der Waals surface area contributed by atoms with Gasteiger partial charge in [-0.3, -0.25) is 0 Å². The normalized spacial score (nSPS) is 22.8. The van der Waals surface area contributed by atoms with E-state index in [-0.39, 0.29) is 0 Å². The summed E-state index contributed by atoms with van der Waals surface area (Å²) in [5, 5.41) is 0. The quantitative estimate of drug-likeness (QED) is 0.531. The van der Waals surface area contributed by atoms with E-state index in [1.54, 1.807) is 0 Å². The first-order valence-electron chi connectivity index (χ1n) is 8.16. The number of fused-ring (bicyclic) bond motifs is 4. The fourth-order valence-electron chi connectivity index (χ4n) is 3.04. The Labute approximate surface area is 158 Å². The van der Waals surface area contributed by atoms with Crippen LogP contribution >= 0.6 is 0 Å². The van der Waals surface area contributed by atoms with Gasteiger partial charge in [0.05, 0.1) is 0 Å². The number of hydrogen-bond donors (Lipinski definition) is 0.